The molecule has 0 spiro atoms. The van der Waals surface area contributed by atoms with Crippen molar-refractivity contribution in [1.82, 2.24) is 0 Å². The summed E-state index contributed by atoms with van der Waals surface area (Å²) >= 11 is 0. The maximum Gasteiger partial charge on any atom is 0.123 e. The molecule has 0 bridgehead atoms. The van der Waals surface area contributed by atoms with Gasteiger partial charge in [0.25, 0.3) is 0 Å². The number of rotatable bonds is 4. The van der Waals surface area contributed by atoms with Crippen molar-refractivity contribution in [1.29, 1.82) is 0 Å². The molecule has 0 aromatic heterocycles. The largest absolute Gasteiger partial charge is 0.508 e. The van der Waals surface area contributed by atoms with Gasteiger partial charge in [-0.05, 0) is 30.0 Å². The minimum Gasteiger partial charge on any atom is -0.508 e. The highest BCUT2D eigenvalue weighted by atomic mass is 16.5. The molecule has 1 aromatic carbocycles. The molecule has 0 unspecified atom stereocenters. The fraction of sp³-hybridized carbons (Fsp3) is 0.500. The molecule has 0 atom stereocenters. The summed E-state index contributed by atoms with van der Waals surface area (Å²) in [4.78, 5) is 0. The van der Waals surface area contributed by atoms with Crippen molar-refractivity contribution < 1.29 is 9.84 Å². The molecule has 0 fully saturated rings. The van der Waals surface area contributed by atoms with Crippen molar-refractivity contribution in [2.24, 2.45) is 5.73 Å². The van der Waals surface area contributed by atoms with Gasteiger partial charge in [0.05, 0.1) is 7.11 Å². The van der Waals surface area contributed by atoms with Crippen LogP contribution in [0.15, 0.2) is 18.2 Å². The fourth-order valence-corrected chi connectivity index (χ4v) is 1.71. The molecule has 1 rings (SSSR count). The standard InChI is InChI=1S/C12H19NO2/c1-12(2,6-7-13)10-5-4-9(15-3)8-11(10)14/h4-5,8,14H,6-7,13H2,1-3H3. The Balaban J connectivity index is 3.04. The summed E-state index contributed by atoms with van der Waals surface area (Å²) in [6, 6.07) is 5.38. The molecular weight excluding hydrogens is 190 g/mol. The Morgan fingerprint density at radius 3 is 2.53 bits per heavy atom. The number of nitrogens with two attached hydrogens (primary N) is 1. The molecule has 3 N–H and O–H groups in total. The first kappa shape index (κ1) is 11.9. The molecular formula is C12H19NO2. The van der Waals surface area contributed by atoms with Crippen molar-refractivity contribution in [2.75, 3.05) is 13.7 Å². The van der Waals surface area contributed by atoms with Crippen molar-refractivity contribution in [2.45, 2.75) is 25.7 Å². The molecule has 0 aliphatic heterocycles. The van der Waals surface area contributed by atoms with Crippen molar-refractivity contribution >= 4 is 0 Å². The quantitative estimate of drug-likeness (QED) is 0.797. The van der Waals surface area contributed by atoms with Crippen molar-refractivity contribution in [3.8, 4) is 11.5 Å². The summed E-state index contributed by atoms with van der Waals surface area (Å²) in [7, 11) is 1.58. The van der Waals surface area contributed by atoms with Crippen LogP contribution in [-0.2, 0) is 5.41 Å². The lowest BCUT2D eigenvalue weighted by atomic mass is 9.81. The number of aromatic hydroxyl groups is 1. The van der Waals surface area contributed by atoms with E-state index in [1.54, 1.807) is 13.2 Å². The van der Waals surface area contributed by atoms with Gasteiger partial charge in [-0.3, -0.25) is 0 Å². The van der Waals surface area contributed by atoms with Gasteiger partial charge >= 0.3 is 0 Å². The zero-order valence-electron chi connectivity index (χ0n) is 9.58. The molecule has 0 amide bonds. The normalized spacial score (nSPS) is 11.5. The molecule has 0 aliphatic rings. The first-order valence-corrected chi connectivity index (χ1v) is 5.09. The van der Waals surface area contributed by atoms with Crippen LogP contribution in [0.1, 0.15) is 25.8 Å². The lowest BCUT2D eigenvalue weighted by Crippen LogP contribution is -2.21. The van der Waals surface area contributed by atoms with E-state index < -0.39 is 0 Å². The minimum absolute atomic E-state index is 0.106. The lowest BCUT2D eigenvalue weighted by molar-refractivity contribution is 0.396. The SMILES string of the molecule is COc1ccc(C(C)(C)CCN)c(O)c1. The maximum atomic E-state index is 9.86. The van der Waals surface area contributed by atoms with Crippen LogP contribution in [0.25, 0.3) is 0 Å². The first-order chi connectivity index (χ1) is 7.01. The monoisotopic (exact) mass is 209 g/mol. The summed E-state index contributed by atoms with van der Waals surface area (Å²) in [6.45, 7) is 4.75. The van der Waals surface area contributed by atoms with Gasteiger partial charge in [-0.2, -0.15) is 0 Å². The summed E-state index contributed by atoms with van der Waals surface area (Å²) in [6.07, 6.45) is 0.840. The van der Waals surface area contributed by atoms with E-state index in [2.05, 4.69) is 13.8 Å². The Kier molecular flexibility index (Phi) is 3.58. The highest BCUT2D eigenvalue weighted by Crippen LogP contribution is 2.35. The second kappa shape index (κ2) is 4.53. The first-order valence-electron chi connectivity index (χ1n) is 5.09. The lowest BCUT2D eigenvalue weighted by Gasteiger charge is -2.25. The number of ether oxygens (including phenoxy) is 1. The van der Waals surface area contributed by atoms with Crippen LogP contribution in [0.3, 0.4) is 0 Å². The highest BCUT2D eigenvalue weighted by molar-refractivity contribution is 5.43. The second-order valence-corrected chi connectivity index (χ2v) is 4.31. The predicted molar refractivity (Wildman–Crippen MR) is 61.4 cm³/mol. The number of hydrogen-bond donors (Lipinski definition) is 2. The Bertz CT molecular complexity index is 334. The van der Waals surface area contributed by atoms with Gasteiger partial charge in [0, 0.05) is 6.07 Å². The van der Waals surface area contributed by atoms with E-state index in [0.717, 1.165) is 12.0 Å². The molecule has 1 aromatic rings. The summed E-state index contributed by atoms with van der Waals surface area (Å²) in [5, 5.41) is 9.86. The summed E-state index contributed by atoms with van der Waals surface area (Å²) in [5.74, 6) is 0.938. The molecule has 0 aliphatic carbocycles. The third-order valence-corrected chi connectivity index (χ3v) is 2.70. The highest BCUT2D eigenvalue weighted by Gasteiger charge is 2.23. The Labute approximate surface area is 90.9 Å². The average molecular weight is 209 g/mol. The number of benzene rings is 1. The van der Waals surface area contributed by atoms with Crippen LogP contribution >= 0.6 is 0 Å². The second-order valence-electron chi connectivity index (χ2n) is 4.31. The smallest absolute Gasteiger partial charge is 0.123 e. The minimum atomic E-state index is -0.106. The molecule has 3 nitrogen and oxygen atoms in total. The van der Waals surface area contributed by atoms with Crippen LogP contribution in [0.4, 0.5) is 0 Å². The molecule has 0 radical (unpaired) electrons. The van der Waals surface area contributed by atoms with Gasteiger partial charge in [-0.1, -0.05) is 19.9 Å². The van der Waals surface area contributed by atoms with Gasteiger partial charge in [0.1, 0.15) is 11.5 Å². The predicted octanol–water partition coefficient (Wildman–Crippen LogP) is 2.03. The van der Waals surface area contributed by atoms with Crippen LogP contribution in [0, 0.1) is 0 Å². The third kappa shape index (κ3) is 2.63. The van der Waals surface area contributed by atoms with Gasteiger partial charge in [0.2, 0.25) is 0 Å². The Hall–Kier alpha value is -1.22. The number of phenolic OH excluding ortho intramolecular Hbond substituents is 1. The average Bonchev–Trinajstić information content (AvgIpc) is 2.17. The van der Waals surface area contributed by atoms with E-state index in [0.29, 0.717) is 12.3 Å². The topological polar surface area (TPSA) is 55.5 Å². The van der Waals surface area contributed by atoms with Gasteiger partial charge in [-0.25, -0.2) is 0 Å². The van der Waals surface area contributed by atoms with Crippen molar-refractivity contribution in [3.05, 3.63) is 23.8 Å². The molecule has 15 heavy (non-hydrogen) atoms. The van der Waals surface area contributed by atoms with Gasteiger partial charge in [-0.15, -0.1) is 0 Å². The van der Waals surface area contributed by atoms with E-state index in [1.165, 1.54) is 0 Å². The van der Waals surface area contributed by atoms with E-state index in [1.807, 2.05) is 12.1 Å². The molecule has 3 heteroatoms. The Morgan fingerprint density at radius 2 is 2.07 bits per heavy atom. The van der Waals surface area contributed by atoms with E-state index in [9.17, 15) is 5.11 Å². The zero-order chi connectivity index (χ0) is 11.5. The van der Waals surface area contributed by atoms with Gasteiger partial charge < -0.3 is 15.6 Å². The maximum absolute atomic E-state index is 9.86. The van der Waals surface area contributed by atoms with Crippen LogP contribution in [-0.4, -0.2) is 18.8 Å². The van der Waals surface area contributed by atoms with Crippen LogP contribution in [0.5, 0.6) is 11.5 Å². The number of phenols is 1. The number of methoxy groups -OCH3 is 1. The van der Waals surface area contributed by atoms with Crippen LogP contribution in [0.2, 0.25) is 0 Å². The summed E-state index contributed by atoms with van der Waals surface area (Å²) in [5.41, 5.74) is 6.36. The fourth-order valence-electron chi connectivity index (χ4n) is 1.71. The Morgan fingerprint density at radius 1 is 1.40 bits per heavy atom. The molecule has 84 valence electrons. The van der Waals surface area contributed by atoms with E-state index in [4.69, 9.17) is 10.5 Å². The zero-order valence-corrected chi connectivity index (χ0v) is 9.58. The molecule has 0 saturated heterocycles. The summed E-state index contributed by atoms with van der Waals surface area (Å²) < 4.78 is 5.04. The number of hydrogen-bond acceptors (Lipinski definition) is 3. The van der Waals surface area contributed by atoms with Crippen molar-refractivity contribution in [3.63, 3.8) is 0 Å². The molecule has 0 heterocycles. The molecule has 0 saturated carbocycles. The van der Waals surface area contributed by atoms with Gasteiger partial charge in [0.15, 0.2) is 0 Å². The van der Waals surface area contributed by atoms with E-state index >= 15 is 0 Å². The van der Waals surface area contributed by atoms with E-state index in [-0.39, 0.29) is 11.2 Å². The van der Waals surface area contributed by atoms with Crippen LogP contribution < -0.4 is 10.5 Å². The third-order valence-electron chi connectivity index (χ3n) is 2.70.